The van der Waals surface area contributed by atoms with E-state index in [1.54, 1.807) is 26.4 Å². The number of allylic oxidation sites excluding steroid dienone is 1. The standard InChI is InChI=1S/C24H20FN3O2/c1-29-22-9-5-6-17(23(22)30-2)21-14-19(15-10-12-16(25)13-11-15)27-24-26-18-7-3-4-8-20(18)28(21)24/h3-14,21H,1-2H3,(H,26,27)/t21-/m0/s1. The quantitative estimate of drug-likeness (QED) is 0.508. The van der Waals surface area contributed by atoms with E-state index in [0.717, 1.165) is 27.9 Å². The van der Waals surface area contributed by atoms with Crippen molar-refractivity contribution in [2.45, 2.75) is 6.04 Å². The first-order valence-corrected chi connectivity index (χ1v) is 9.62. The third-order valence-electron chi connectivity index (χ3n) is 5.35. The number of para-hydroxylation sites is 3. The molecule has 0 radical (unpaired) electrons. The van der Waals surface area contributed by atoms with Gasteiger partial charge in [-0.25, -0.2) is 9.37 Å². The smallest absolute Gasteiger partial charge is 0.209 e. The second-order valence-corrected chi connectivity index (χ2v) is 7.03. The fourth-order valence-corrected chi connectivity index (χ4v) is 3.98. The average Bonchev–Trinajstić information content (AvgIpc) is 3.17. The predicted octanol–water partition coefficient (Wildman–Crippen LogP) is 5.25. The molecule has 30 heavy (non-hydrogen) atoms. The average molecular weight is 401 g/mol. The van der Waals surface area contributed by atoms with Crippen molar-refractivity contribution in [3.8, 4) is 11.5 Å². The highest BCUT2D eigenvalue weighted by atomic mass is 19.1. The van der Waals surface area contributed by atoms with Crippen LogP contribution in [0, 0.1) is 5.82 Å². The summed E-state index contributed by atoms with van der Waals surface area (Å²) < 4.78 is 26.9. The number of anilines is 1. The molecule has 1 aliphatic rings. The van der Waals surface area contributed by atoms with E-state index in [-0.39, 0.29) is 11.9 Å². The zero-order valence-electron chi connectivity index (χ0n) is 16.6. The number of halogens is 1. The molecule has 0 bridgehead atoms. The van der Waals surface area contributed by atoms with Gasteiger partial charge in [0.15, 0.2) is 11.5 Å². The molecule has 0 spiro atoms. The lowest BCUT2D eigenvalue weighted by molar-refractivity contribution is 0.350. The molecule has 5 nitrogen and oxygen atoms in total. The van der Waals surface area contributed by atoms with Gasteiger partial charge in [-0.2, -0.15) is 0 Å². The van der Waals surface area contributed by atoms with Crippen molar-refractivity contribution in [3.05, 3.63) is 89.8 Å². The van der Waals surface area contributed by atoms with Crippen LogP contribution in [0.4, 0.5) is 10.3 Å². The Balaban J connectivity index is 1.75. The van der Waals surface area contributed by atoms with E-state index < -0.39 is 0 Å². The first kappa shape index (κ1) is 18.2. The summed E-state index contributed by atoms with van der Waals surface area (Å²) in [6.07, 6.45) is 2.10. The molecule has 0 saturated heterocycles. The minimum atomic E-state index is -0.270. The van der Waals surface area contributed by atoms with Crippen molar-refractivity contribution >= 4 is 22.7 Å². The van der Waals surface area contributed by atoms with Crippen LogP contribution in [-0.2, 0) is 0 Å². The third-order valence-corrected chi connectivity index (χ3v) is 5.35. The zero-order chi connectivity index (χ0) is 20.7. The molecule has 1 atom stereocenters. The first-order chi connectivity index (χ1) is 14.7. The lowest BCUT2D eigenvalue weighted by atomic mass is 9.99. The summed E-state index contributed by atoms with van der Waals surface area (Å²) in [5, 5.41) is 3.41. The van der Waals surface area contributed by atoms with Crippen molar-refractivity contribution < 1.29 is 13.9 Å². The molecule has 0 aliphatic carbocycles. The SMILES string of the molecule is COc1cccc([C@@H]2C=C(c3ccc(F)cc3)Nc3nc4ccccc4n32)c1OC. The first-order valence-electron chi connectivity index (χ1n) is 9.62. The lowest BCUT2D eigenvalue weighted by Gasteiger charge is -2.28. The number of rotatable bonds is 4. The molecule has 150 valence electrons. The number of methoxy groups -OCH3 is 2. The van der Waals surface area contributed by atoms with Crippen LogP contribution in [0.15, 0.2) is 72.8 Å². The molecular formula is C24H20FN3O2. The summed E-state index contributed by atoms with van der Waals surface area (Å²) in [5.74, 6) is 1.78. The monoisotopic (exact) mass is 401 g/mol. The predicted molar refractivity (Wildman–Crippen MR) is 115 cm³/mol. The van der Waals surface area contributed by atoms with Gasteiger partial charge in [0.25, 0.3) is 0 Å². The fourth-order valence-electron chi connectivity index (χ4n) is 3.98. The minimum absolute atomic E-state index is 0.196. The van der Waals surface area contributed by atoms with Crippen LogP contribution in [0.1, 0.15) is 17.2 Å². The van der Waals surface area contributed by atoms with E-state index in [1.807, 2.05) is 42.5 Å². The number of ether oxygens (including phenoxy) is 2. The molecule has 1 N–H and O–H groups in total. The van der Waals surface area contributed by atoms with Gasteiger partial charge in [0.05, 0.1) is 31.3 Å². The van der Waals surface area contributed by atoms with Gasteiger partial charge in [0.2, 0.25) is 5.95 Å². The Hall–Kier alpha value is -3.80. The Bertz CT molecular complexity index is 1260. The van der Waals surface area contributed by atoms with Crippen LogP contribution in [0.2, 0.25) is 0 Å². The summed E-state index contributed by atoms with van der Waals surface area (Å²) in [4.78, 5) is 4.79. The molecule has 3 aromatic carbocycles. The Morgan fingerprint density at radius 3 is 2.50 bits per heavy atom. The van der Waals surface area contributed by atoms with Gasteiger partial charge in [-0.15, -0.1) is 0 Å². The van der Waals surface area contributed by atoms with Crippen LogP contribution >= 0.6 is 0 Å². The molecular weight excluding hydrogens is 381 g/mol. The molecule has 0 unspecified atom stereocenters. The second-order valence-electron chi connectivity index (χ2n) is 7.03. The van der Waals surface area contributed by atoms with Gasteiger partial charge in [0.1, 0.15) is 5.82 Å². The normalized spacial score (nSPS) is 15.3. The zero-order valence-corrected chi connectivity index (χ0v) is 16.6. The van der Waals surface area contributed by atoms with E-state index in [1.165, 1.54) is 12.1 Å². The van der Waals surface area contributed by atoms with Gasteiger partial charge < -0.3 is 14.8 Å². The van der Waals surface area contributed by atoms with Gasteiger partial charge in [-0.3, -0.25) is 4.57 Å². The molecule has 6 heteroatoms. The molecule has 0 amide bonds. The lowest BCUT2D eigenvalue weighted by Crippen LogP contribution is -2.19. The van der Waals surface area contributed by atoms with Crippen LogP contribution in [-0.4, -0.2) is 23.8 Å². The van der Waals surface area contributed by atoms with Crippen molar-refractivity contribution in [2.75, 3.05) is 19.5 Å². The van der Waals surface area contributed by atoms with Crippen LogP contribution < -0.4 is 14.8 Å². The van der Waals surface area contributed by atoms with E-state index in [2.05, 4.69) is 16.0 Å². The van der Waals surface area contributed by atoms with Gasteiger partial charge >= 0.3 is 0 Å². The van der Waals surface area contributed by atoms with Crippen LogP contribution in [0.5, 0.6) is 11.5 Å². The van der Waals surface area contributed by atoms with Crippen molar-refractivity contribution in [1.29, 1.82) is 0 Å². The highest BCUT2D eigenvalue weighted by molar-refractivity contribution is 5.85. The highest BCUT2D eigenvalue weighted by Crippen LogP contribution is 2.42. The summed E-state index contributed by atoms with van der Waals surface area (Å²) in [7, 11) is 3.27. The molecule has 2 heterocycles. The molecule has 1 aromatic heterocycles. The third kappa shape index (κ3) is 2.88. The molecule has 1 aliphatic heterocycles. The molecule has 0 saturated carbocycles. The number of nitrogens with one attached hydrogen (secondary N) is 1. The second kappa shape index (κ2) is 7.22. The Kier molecular flexibility index (Phi) is 4.39. The highest BCUT2D eigenvalue weighted by Gasteiger charge is 2.28. The van der Waals surface area contributed by atoms with Crippen LogP contribution in [0.3, 0.4) is 0 Å². The number of imidazole rings is 1. The topological polar surface area (TPSA) is 48.3 Å². The summed E-state index contributed by atoms with van der Waals surface area (Å²) in [6, 6.07) is 20.1. The Morgan fingerprint density at radius 1 is 0.933 bits per heavy atom. The van der Waals surface area contributed by atoms with Crippen LogP contribution in [0.25, 0.3) is 16.7 Å². The van der Waals surface area contributed by atoms with E-state index in [9.17, 15) is 4.39 Å². The van der Waals surface area contributed by atoms with E-state index in [4.69, 9.17) is 14.5 Å². The maximum atomic E-state index is 13.5. The number of benzene rings is 3. The number of aromatic nitrogens is 2. The number of nitrogens with zero attached hydrogens (tertiary/aromatic N) is 2. The van der Waals surface area contributed by atoms with E-state index >= 15 is 0 Å². The van der Waals surface area contributed by atoms with Crippen molar-refractivity contribution in [3.63, 3.8) is 0 Å². The van der Waals surface area contributed by atoms with Crippen molar-refractivity contribution in [2.24, 2.45) is 0 Å². The van der Waals surface area contributed by atoms with Gasteiger partial charge in [-0.1, -0.05) is 24.3 Å². The van der Waals surface area contributed by atoms with Gasteiger partial charge in [0, 0.05) is 11.3 Å². The maximum absolute atomic E-state index is 13.5. The van der Waals surface area contributed by atoms with Gasteiger partial charge in [-0.05, 0) is 54.1 Å². The number of hydrogen-bond donors (Lipinski definition) is 1. The maximum Gasteiger partial charge on any atom is 0.209 e. The van der Waals surface area contributed by atoms with Crippen molar-refractivity contribution in [1.82, 2.24) is 9.55 Å². The summed E-state index contributed by atoms with van der Waals surface area (Å²) in [6.45, 7) is 0. The summed E-state index contributed by atoms with van der Waals surface area (Å²) >= 11 is 0. The molecule has 0 fully saturated rings. The molecule has 5 rings (SSSR count). The molecule has 4 aromatic rings. The Labute approximate surface area is 173 Å². The van der Waals surface area contributed by atoms with E-state index in [0.29, 0.717) is 17.4 Å². The number of hydrogen-bond acceptors (Lipinski definition) is 4. The fraction of sp³-hybridized carbons (Fsp3) is 0.125. The largest absolute Gasteiger partial charge is 0.493 e. The summed E-state index contributed by atoms with van der Waals surface area (Å²) in [5.41, 5.74) is 4.57. The Morgan fingerprint density at radius 2 is 1.73 bits per heavy atom. The number of fused-ring (bicyclic) bond motifs is 3. The minimum Gasteiger partial charge on any atom is -0.493 e.